The van der Waals surface area contributed by atoms with Gasteiger partial charge in [0.05, 0.1) is 10.0 Å². The first kappa shape index (κ1) is 16.3. The van der Waals surface area contributed by atoms with Crippen molar-refractivity contribution in [2.75, 3.05) is 37.5 Å². The SMILES string of the molecule is CCN(c1nc(NN)c(Cl)cc1Cl)C(C)CN(C)C. The fourth-order valence-electron chi connectivity index (χ4n) is 2.06. The summed E-state index contributed by atoms with van der Waals surface area (Å²) < 4.78 is 0. The van der Waals surface area contributed by atoms with Crippen molar-refractivity contribution in [3.05, 3.63) is 16.1 Å². The van der Waals surface area contributed by atoms with Crippen LogP contribution in [0.4, 0.5) is 11.6 Å². The van der Waals surface area contributed by atoms with Crippen molar-refractivity contribution in [2.45, 2.75) is 19.9 Å². The maximum atomic E-state index is 6.24. The molecular formula is C12H21Cl2N5. The van der Waals surface area contributed by atoms with Gasteiger partial charge in [-0.05, 0) is 34.0 Å². The van der Waals surface area contributed by atoms with E-state index in [1.807, 2.05) is 14.1 Å². The summed E-state index contributed by atoms with van der Waals surface area (Å²) in [6.45, 7) is 5.90. The Bertz CT molecular complexity index is 425. The normalized spacial score (nSPS) is 12.6. The van der Waals surface area contributed by atoms with Gasteiger partial charge in [-0.1, -0.05) is 23.2 Å². The first-order valence-corrected chi connectivity index (χ1v) is 6.90. The number of nitrogens with two attached hydrogens (primary N) is 1. The number of nitrogens with zero attached hydrogens (tertiary/aromatic N) is 3. The van der Waals surface area contributed by atoms with Crippen molar-refractivity contribution < 1.29 is 0 Å². The van der Waals surface area contributed by atoms with E-state index in [4.69, 9.17) is 29.0 Å². The topological polar surface area (TPSA) is 57.4 Å². The molecule has 3 N–H and O–H groups in total. The Morgan fingerprint density at radius 1 is 1.37 bits per heavy atom. The number of hydrogen-bond acceptors (Lipinski definition) is 5. The monoisotopic (exact) mass is 305 g/mol. The van der Waals surface area contributed by atoms with Crippen molar-refractivity contribution in [3.63, 3.8) is 0 Å². The van der Waals surface area contributed by atoms with Gasteiger partial charge in [0, 0.05) is 19.1 Å². The van der Waals surface area contributed by atoms with E-state index in [0.29, 0.717) is 21.7 Å². The molecule has 5 nitrogen and oxygen atoms in total. The summed E-state index contributed by atoms with van der Waals surface area (Å²) in [5, 5.41) is 0.934. The third-order valence-corrected chi connectivity index (χ3v) is 3.39. The molecule has 0 fully saturated rings. The number of nitrogen functional groups attached to an aromatic ring is 1. The number of anilines is 2. The molecule has 0 spiro atoms. The molecule has 1 atom stereocenters. The summed E-state index contributed by atoms with van der Waals surface area (Å²) in [6, 6.07) is 1.93. The predicted molar refractivity (Wildman–Crippen MR) is 83.1 cm³/mol. The molecule has 0 aliphatic heterocycles. The molecule has 1 aromatic rings. The van der Waals surface area contributed by atoms with E-state index >= 15 is 0 Å². The Hall–Kier alpha value is -0.750. The van der Waals surface area contributed by atoms with Crippen LogP contribution in [0.25, 0.3) is 0 Å². The van der Waals surface area contributed by atoms with Crippen molar-refractivity contribution >= 4 is 34.8 Å². The van der Waals surface area contributed by atoms with E-state index < -0.39 is 0 Å². The molecule has 19 heavy (non-hydrogen) atoms. The molecule has 0 radical (unpaired) electrons. The highest BCUT2D eigenvalue weighted by molar-refractivity contribution is 6.37. The molecule has 1 heterocycles. The molecule has 0 saturated heterocycles. The number of nitrogens with one attached hydrogen (secondary N) is 1. The fraction of sp³-hybridized carbons (Fsp3) is 0.583. The zero-order valence-corrected chi connectivity index (χ0v) is 13.3. The maximum Gasteiger partial charge on any atom is 0.161 e. The van der Waals surface area contributed by atoms with Crippen molar-refractivity contribution in [2.24, 2.45) is 5.84 Å². The quantitative estimate of drug-likeness (QED) is 0.624. The lowest BCUT2D eigenvalue weighted by atomic mass is 10.2. The van der Waals surface area contributed by atoms with Crippen LogP contribution in [0.1, 0.15) is 13.8 Å². The Balaban J connectivity index is 3.10. The summed E-state index contributed by atoms with van der Waals surface area (Å²) in [7, 11) is 4.07. The van der Waals surface area contributed by atoms with Gasteiger partial charge in [-0.15, -0.1) is 0 Å². The van der Waals surface area contributed by atoms with E-state index in [2.05, 4.69) is 34.1 Å². The second-order valence-corrected chi connectivity index (χ2v) is 5.48. The lowest BCUT2D eigenvalue weighted by Crippen LogP contribution is -2.40. The summed E-state index contributed by atoms with van der Waals surface area (Å²) in [5.74, 6) is 6.52. The van der Waals surface area contributed by atoms with Gasteiger partial charge in [0.25, 0.3) is 0 Å². The molecule has 0 aliphatic carbocycles. The van der Waals surface area contributed by atoms with Crippen LogP contribution in [0.15, 0.2) is 6.07 Å². The van der Waals surface area contributed by atoms with E-state index in [9.17, 15) is 0 Å². The van der Waals surface area contributed by atoms with Gasteiger partial charge in [0.1, 0.15) is 5.82 Å². The lowest BCUT2D eigenvalue weighted by molar-refractivity contribution is 0.372. The summed E-state index contributed by atoms with van der Waals surface area (Å²) in [6.07, 6.45) is 0. The molecule has 1 aromatic heterocycles. The Morgan fingerprint density at radius 3 is 2.47 bits per heavy atom. The highest BCUT2D eigenvalue weighted by atomic mass is 35.5. The van der Waals surface area contributed by atoms with Crippen LogP contribution in [-0.2, 0) is 0 Å². The van der Waals surface area contributed by atoms with Gasteiger partial charge in [0.2, 0.25) is 0 Å². The maximum absolute atomic E-state index is 6.24. The number of hydrogen-bond donors (Lipinski definition) is 2. The smallest absolute Gasteiger partial charge is 0.161 e. The number of likely N-dealkylation sites (N-methyl/N-ethyl adjacent to an activating group) is 2. The summed E-state index contributed by atoms with van der Waals surface area (Å²) in [4.78, 5) is 8.65. The fourth-order valence-corrected chi connectivity index (χ4v) is 2.58. The zero-order chi connectivity index (χ0) is 14.6. The highest BCUT2D eigenvalue weighted by Gasteiger charge is 2.19. The first-order chi connectivity index (χ1) is 8.90. The van der Waals surface area contributed by atoms with Crippen LogP contribution in [0.3, 0.4) is 0 Å². The Labute approximate surface area is 124 Å². The van der Waals surface area contributed by atoms with Crippen molar-refractivity contribution in [3.8, 4) is 0 Å². The van der Waals surface area contributed by atoms with Crippen LogP contribution < -0.4 is 16.2 Å². The molecule has 0 amide bonds. The van der Waals surface area contributed by atoms with Crippen molar-refractivity contribution in [1.82, 2.24) is 9.88 Å². The number of pyridine rings is 1. The second kappa shape index (κ2) is 7.14. The molecular weight excluding hydrogens is 285 g/mol. The Kier molecular flexibility index (Phi) is 6.13. The molecule has 1 unspecified atom stereocenters. The summed E-state index contributed by atoms with van der Waals surface area (Å²) in [5.41, 5.74) is 2.48. The lowest BCUT2D eigenvalue weighted by Gasteiger charge is -2.32. The van der Waals surface area contributed by atoms with Crippen LogP contribution in [0.5, 0.6) is 0 Å². The number of hydrazine groups is 1. The van der Waals surface area contributed by atoms with Crippen molar-refractivity contribution in [1.29, 1.82) is 0 Å². The minimum absolute atomic E-state index is 0.275. The number of aromatic nitrogens is 1. The molecule has 0 aliphatic rings. The largest absolute Gasteiger partial charge is 0.352 e. The zero-order valence-electron chi connectivity index (χ0n) is 11.7. The van der Waals surface area contributed by atoms with E-state index in [1.165, 1.54) is 0 Å². The van der Waals surface area contributed by atoms with Gasteiger partial charge < -0.3 is 15.2 Å². The third kappa shape index (κ3) is 4.11. The van der Waals surface area contributed by atoms with E-state index in [-0.39, 0.29) is 6.04 Å². The average molecular weight is 306 g/mol. The van der Waals surface area contributed by atoms with Gasteiger partial charge >= 0.3 is 0 Å². The van der Waals surface area contributed by atoms with Crippen LogP contribution in [0.2, 0.25) is 10.0 Å². The van der Waals surface area contributed by atoms with Gasteiger partial charge in [-0.2, -0.15) is 0 Å². The van der Waals surface area contributed by atoms with Crippen LogP contribution >= 0.6 is 23.2 Å². The van der Waals surface area contributed by atoms with Gasteiger partial charge in [0.15, 0.2) is 5.82 Å². The minimum atomic E-state index is 0.275. The standard InChI is InChI=1S/C12H21Cl2N5/c1-5-19(8(2)7-18(3)4)12-10(14)6-9(13)11(16-12)17-15/h6,8H,5,7,15H2,1-4H3,(H,16,17). The van der Waals surface area contributed by atoms with E-state index in [0.717, 1.165) is 13.1 Å². The minimum Gasteiger partial charge on any atom is -0.352 e. The average Bonchev–Trinajstić information content (AvgIpc) is 2.31. The van der Waals surface area contributed by atoms with Crippen LogP contribution in [0, 0.1) is 0 Å². The van der Waals surface area contributed by atoms with E-state index in [1.54, 1.807) is 6.07 Å². The van der Waals surface area contributed by atoms with Gasteiger partial charge in [-0.3, -0.25) is 0 Å². The predicted octanol–water partition coefficient (Wildman–Crippen LogP) is 2.45. The molecule has 0 bridgehead atoms. The number of rotatable bonds is 6. The summed E-state index contributed by atoms with van der Waals surface area (Å²) >= 11 is 12.2. The molecule has 0 saturated carbocycles. The van der Waals surface area contributed by atoms with Crippen LogP contribution in [-0.4, -0.2) is 43.1 Å². The van der Waals surface area contributed by atoms with Gasteiger partial charge in [-0.25, -0.2) is 10.8 Å². The molecule has 7 heteroatoms. The third-order valence-electron chi connectivity index (χ3n) is 2.82. The molecule has 1 rings (SSSR count). The molecule has 0 aromatic carbocycles. The highest BCUT2D eigenvalue weighted by Crippen LogP contribution is 2.31. The first-order valence-electron chi connectivity index (χ1n) is 6.14. The second-order valence-electron chi connectivity index (χ2n) is 4.67. The Morgan fingerprint density at radius 2 is 2.00 bits per heavy atom. The number of halogens is 2. The molecule has 108 valence electrons.